The fourth-order valence-electron chi connectivity index (χ4n) is 2.59. The Kier molecular flexibility index (Phi) is 4.49. The van der Waals surface area contributed by atoms with Gasteiger partial charge in [-0.05, 0) is 60.7 Å². The largest absolute Gasteiger partial charge is 0.343 e. The molecular formula is C20H15FN4O2. The third kappa shape index (κ3) is 3.77. The van der Waals surface area contributed by atoms with Crippen LogP contribution in [0.2, 0.25) is 0 Å². The van der Waals surface area contributed by atoms with Crippen LogP contribution in [0.5, 0.6) is 0 Å². The number of rotatable bonds is 5. The smallest absolute Gasteiger partial charge is 0.251 e. The van der Waals surface area contributed by atoms with Crippen molar-refractivity contribution in [2.45, 2.75) is 6.54 Å². The van der Waals surface area contributed by atoms with Gasteiger partial charge in [0.25, 0.3) is 5.91 Å². The van der Waals surface area contributed by atoms with Gasteiger partial charge in [0.15, 0.2) is 0 Å². The predicted molar refractivity (Wildman–Crippen MR) is 96.6 cm³/mol. The molecule has 7 heteroatoms. The van der Waals surface area contributed by atoms with Gasteiger partial charge in [0.05, 0.1) is 6.54 Å². The molecule has 0 aliphatic carbocycles. The second-order valence-corrected chi connectivity index (χ2v) is 5.84. The van der Waals surface area contributed by atoms with Crippen molar-refractivity contribution < 1.29 is 13.7 Å². The average molecular weight is 362 g/mol. The van der Waals surface area contributed by atoms with Crippen molar-refractivity contribution in [2.75, 3.05) is 0 Å². The molecule has 0 radical (unpaired) electrons. The summed E-state index contributed by atoms with van der Waals surface area (Å²) in [7, 11) is 0. The third-order valence-electron chi connectivity index (χ3n) is 4.00. The zero-order valence-electron chi connectivity index (χ0n) is 14.2. The fraction of sp³-hybridized carbons (Fsp3) is 0.0500. The maximum Gasteiger partial charge on any atom is 0.251 e. The summed E-state index contributed by atoms with van der Waals surface area (Å²) in [4.78, 5) is 16.5. The topological polar surface area (TPSA) is 73.0 Å². The first-order valence-electron chi connectivity index (χ1n) is 8.29. The summed E-state index contributed by atoms with van der Waals surface area (Å²) in [5, 5.41) is 6.59. The van der Waals surface area contributed by atoms with Crippen molar-refractivity contribution >= 4 is 5.91 Å². The van der Waals surface area contributed by atoms with E-state index in [-0.39, 0.29) is 24.2 Å². The number of nitrogens with one attached hydrogen (secondary N) is 1. The molecule has 0 aliphatic heterocycles. The number of halogens is 1. The number of nitrogens with zero attached hydrogens (tertiary/aromatic N) is 3. The minimum Gasteiger partial charge on any atom is -0.343 e. The number of amides is 1. The first-order chi connectivity index (χ1) is 13.2. The first kappa shape index (κ1) is 16.7. The van der Waals surface area contributed by atoms with Crippen LogP contribution in [0.1, 0.15) is 16.2 Å². The van der Waals surface area contributed by atoms with Crippen molar-refractivity contribution in [1.29, 1.82) is 0 Å². The molecular weight excluding hydrogens is 347 g/mol. The van der Waals surface area contributed by atoms with Crippen LogP contribution in [0, 0.1) is 5.82 Å². The molecule has 2 aromatic heterocycles. The molecule has 1 N–H and O–H groups in total. The number of carbonyl (C=O) groups excluding carboxylic acids is 1. The Morgan fingerprint density at radius 2 is 1.74 bits per heavy atom. The molecule has 0 spiro atoms. The molecule has 4 rings (SSSR count). The van der Waals surface area contributed by atoms with E-state index in [9.17, 15) is 9.18 Å². The highest BCUT2D eigenvalue weighted by Gasteiger charge is 2.11. The zero-order chi connectivity index (χ0) is 18.6. The zero-order valence-corrected chi connectivity index (χ0v) is 14.2. The molecule has 0 unspecified atom stereocenters. The van der Waals surface area contributed by atoms with Crippen LogP contribution in [-0.2, 0) is 6.54 Å². The van der Waals surface area contributed by atoms with Gasteiger partial charge < -0.3 is 14.4 Å². The Bertz CT molecular complexity index is 1040. The van der Waals surface area contributed by atoms with Crippen molar-refractivity contribution in [3.63, 3.8) is 0 Å². The predicted octanol–water partition coefficient (Wildman–Crippen LogP) is 3.60. The molecule has 2 aromatic carbocycles. The summed E-state index contributed by atoms with van der Waals surface area (Å²) in [6, 6.07) is 16.9. The molecule has 2 heterocycles. The lowest BCUT2D eigenvalue weighted by atomic mass is 10.2. The molecule has 0 atom stereocenters. The summed E-state index contributed by atoms with van der Waals surface area (Å²) in [6.07, 6.45) is 3.87. The molecule has 1 amide bonds. The van der Waals surface area contributed by atoms with Crippen molar-refractivity contribution in [2.24, 2.45) is 0 Å². The van der Waals surface area contributed by atoms with E-state index in [4.69, 9.17) is 4.52 Å². The van der Waals surface area contributed by atoms with E-state index in [1.54, 1.807) is 24.3 Å². The van der Waals surface area contributed by atoms with Gasteiger partial charge in [-0.2, -0.15) is 4.98 Å². The summed E-state index contributed by atoms with van der Waals surface area (Å²) >= 11 is 0. The van der Waals surface area contributed by atoms with Gasteiger partial charge in [0.2, 0.25) is 11.7 Å². The van der Waals surface area contributed by atoms with Gasteiger partial charge in [-0.15, -0.1) is 0 Å². The van der Waals surface area contributed by atoms with Crippen LogP contribution < -0.4 is 5.32 Å². The van der Waals surface area contributed by atoms with E-state index in [2.05, 4.69) is 15.5 Å². The van der Waals surface area contributed by atoms with E-state index < -0.39 is 0 Å². The van der Waals surface area contributed by atoms with Gasteiger partial charge >= 0.3 is 0 Å². The average Bonchev–Trinajstić information content (AvgIpc) is 3.39. The minimum absolute atomic E-state index is 0.104. The second kappa shape index (κ2) is 7.25. The van der Waals surface area contributed by atoms with Crippen LogP contribution in [0.3, 0.4) is 0 Å². The van der Waals surface area contributed by atoms with E-state index >= 15 is 0 Å². The van der Waals surface area contributed by atoms with Gasteiger partial charge in [-0.1, -0.05) is 5.16 Å². The summed E-state index contributed by atoms with van der Waals surface area (Å²) < 4.78 is 20.1. The third-order valence-corrected chi connectivity index (χ3v) is 4.00. The van der Waals surface area contributed by atoms with Gasteiger partial charge in [-0.25, -0.2) is 4.39 Å². The Morgan fingerprint density at radius 3 is 2.44 bits per heavy atom. The SMILES string of the molecule is O=C(NCc1nc(-c2ccc(F)cc2)no1)c1ccc(-n2cccc2)cc1. The van der Waals surface area contributed by atoms with Gasteiger partial charge in [0, 0.05) is 29.2 Å². The van der Waals surface area contributed by atoms with E-state index in [0.29, 0.717) is 17.0 Å². The number of hydrogen-bond acceptors (Lipinski definition) is 4. The lowest BCUT2D eigenvalue weighted by molar-refractivity contribution is 0.0946. The highest BCUT2D eigenvalue weighted by Crippen LogP contribution is 2.16. The second-order valence-electron chi connectivity index (χ2n) is 5.84. The van der Waals surface area contributed by atoms with Crippen molar-refractivity contribution in [1.82, 2.24) is 20.0 Å². The Hall–Kier alpha value is -3.74. The maximum absolute atomic E-state index is 13.0. The quantitative estimate of drug-likeness (QED) is 0.589. The van der Waals surface area contributed by atoms with Crippen LogP contribution >= 0.6 is 0 Å². The number of hydrogen-bond donors (Lipinski definition) is 1. The molecule has 6 nitrogen and oxygen atoms in total. The molecule has 134 valence electrons. The minimum atomic E-state index is -0.336. The number of aromatic nitrogens is 3. The monoisotopic (exact) mass is 362 g/mol. The summed E-state index contributed by atoms with van der Waals surface area (Å²) in [5.74, 6) is 0.0371. The molecule has 0 bridgehead atoms. The highest BCUT2D eigenvalue weighted by molar-refractivity contribution is 5.94. The van der Waals surface area contributed by atoms with Crippen molar-refractivity contribution in [3.05, 3.63) is 90.3 Å². The lowest BCUT2D eigenvalue weighted by Crippen LogP contribution is -2.22. The van der Waals surface area contributed by atoms with E-state index in [1.807, 2.05) is 41.2 Å². The normalized spacial score (nSPS) is 10.7. The Labute approximate surface area is 154 Å². The first-order valence-corrected chi connectivity index (χ1v) is 8.29. The van der Waals surface area contributed by atoms with Crippen LogP contribution in [-0.4, -0.2) is 20.6 Å². The molecule has 0 fully saturated rings. The van der Waals surface area contributed by atoms with E-state index in [1.165, 1.54) is 12.1 Å². The highest BCUT2D eigenvalue weighted by atomic mass is 19.1. The number of carbonyl (C=O) groups is 1. The fourth-order valence-corrected chi connectivity index (χ4v) is 2.59. The molecule has 4 aromatic rings. The Balaban J connectivity index is 1.38. The lowest BCUT2D eigenvalue weighted by Gasteiger charge is -2.05. The Morgan fingerprint density at radius 1 is 1.04 bits per heavy atom. The molecule has 0 saturated carbocycles. The van der Waals surface area contributed by atoms with Gasteiger partial charge in [0.1, 0.15) is 5.82 Å². The van der Waals surface area contributed by atoms with Crippen LogP contribution in [0.25, 0.3) is 17.1 Å². The van der Waals surface area contributed by atoms with Crippen LogP contribution in [0.4, 0.5) is 4.39 Å². The standard InChI is InChI=1S/C20H15FN4O2/c21-16-7-3-14(4-8-16)19-23-18(27-24-19)13-22-20(26)15-5-9-17(10-6-15)25-11-1-2-12-25/h1-12H,13H2,(H,22,26). The molecule has 27 heavy (non-hydrogen) atoms. The molecule has 0 aliphatic rings. The van der Waals surface area contributed by atoms with Crippen LogP contribution in [0.15, 0.2) is 77.6 Å². The molecule has 0 saturated heterocycles. The summed E-state index contributed by atoms with van der Waals surface area (Å²) in [6.45, 7) is 0.104. The maximum atomic E-state index is 13.0. The number of benzene rings is 2. The van der Waals surface area contributed by atoms with Gasteiger partial charge in [-0.3, -0.25) is 4.79 Å². The van der Waals surface area contributed by atoms with Crippen molar-refractivity contribution in [3.8, 4) is 17.1 Å². The van der Waals surface area contributed by atoms with E-state index in [0.717, 1.165) is 5.69 Å². The summed E-state index contributed by atoms with van der Waals surface area (Å²) in [5.41, 5.74) is 2.14.